The van der Waals surface area contributed by atoms with E-state index in [0.717, 1.165) is 24.3 Å². The molecular weight excluding hydrogens is 215 g/mol. The van der Waals surface area contributed by atoms with Gasteiger partial charge in [-0.25, -0.2) is 4.98 Å². The number of H-pyrrole nitrogens is 1. The predicted octanol–water partition coefficient (Wildman–Crippen LogP) is 1.66. The van der Waals surface area contributed by atoms with Gasteiger partial charge in [-0.15, -0.1) is 0 Å². The topological polar surface area (TPSA) is 47.1 Å². The lowest BCUT2D eigenvalue weighted by atomic mass is 9.86. The molecule has 0 aliphatic carbocycles. The molecule has 2 rings (SSSR count). The fourth-order valence-electron chi connectivity index (χ4n) is 1.83. The van der Waals surface area contributed by atoms with Gasteiger partial charge in [0, 0.05) is 12.6 Å². The summed E-state index contributed by atoms with van der Waals surface area (Å²) in [6, 6.07) is 0. The van der Waals surface area contributed by atoms with Gasteiger partial charge < -0.3 is 14.3 Å². The first-order valence-electron chi connectivity index (χ1n) is 6.25. The summed E-state index contributed by atoms with van der Waals surface area (Å²) in [7, 11) is -0.335. The van der Waals surface area contributed by atoms with E-state index in [9.17, 15) is 0 Å². The van der Waals surface area contributed by atoms with Crippen LogP contribution in [-0.4, -0.2) is 28.3 Å². The fraction of sp³-hybridized carbons (Fsp3) is 0.750. The van der Waals surface area contributed by atoms with Crippen LogP contribution in [0.2, 0.25) is 0 Å². The Labute approximate surface area is 103 Å². The number of hydrogen-bond acceptors (Lipinski definition) is 3. The van der Waals surface area contributed by atoms with Crippen LogP contribution in [-0.2, 0) is 15.7 Å². The highest BCUT2D eigenvalue weighted by Gasteiger charge is 2.52. The number of hydrogen-bond donors (Lipinski definition) is 1. The molecule has 1 aliphatic heterocycles. The van der Waals surface area contributed by atoms with Gasteiger partial charge in [-0.1, -0.05) is 6.92 Å². The number of aryl methyl sites for hydroxylation is 1. The normalized spacial score (nSPS) is 22.1. The van der Waals surface area contributed by atoms with Crippen molar-refractivity contribution in [3.05, 3.63) is 12.0 Å². The zero-order valence-corrected chi connectivity index (χ0v) is 11.3. The molecule has 0 unspecified atom stereocenters. The van der Waals surface area contributed by atoms with Crippen LogP contribution in [0.3, 0.4) is 0 Å². The highest BCUT2D eigenvalue weighted by molar-refractivity contribution is 6.61. The van der Waals surface area contributed by atoms with Gasteiger partial charge in [0.25, 0.3) is 0 Å². The summed E-state index contributed by atoms with van der Waals surface area (Å²) < 4.78 is 11.9. The second-order valence-corrected chi connectivity index (χ2v) is 5.62. The lowest BCUT2D eigenvalue weighted by molar-refractivity contribution is 0.00578. The molecule has 1 N–H and O–H groups in total. The lowest BCUT2D eigenvalue weighted by Crippen LogP contribution is -2.41. The van der Waals surface area contributed by atoms with Crippen molar-refractivity contribution in [2.45, 2.75) is 58.7 Å². The molecule has 0 spiro atoms. The van der Waals surface area contributed by atoms with Crippen LogP contribution >= 0.6 is 0 Å². The lowest BCUT2D eigenvalue weighted by Gasteiger charge is -2.32. The van der Waals surface area contributed by atoms with Crippen LogP contribution in [0.15, 0.2) is 6.20 Å². The standard InChI is InChI=1S/C12H21BN2O2/c1-6-7-10-14-8-9(15-10)13-16-11(2,3)12(4,5)17-13/h8H,6-7H2,1-5H3,(H,14,15). The van der Waals surface area contributed by atoms with Gasteiger partial charge in [0.1, 0.15) is 5.82 Å². The van der Waals surface area contributed by atoms with E-state index in [2.05, 4.69) is 44.6 Å². The van der Waals surface area contributed by atoms with Gasteiger partial charge in [-0.3, -0.25) is 0 Å². The number of aromatic nitrogens is 2. The number of nitrogens with zero attached hydrogens (tertiary/aromatic N) is 1. The maximum Gasteiger partial charge on any atom is 0.513 e. The highest BCUT2D eigenvalue weighted by Crippen LogP contribution is 2.36. The molecule has 0 amide bonds. The summed E-state index contributed by atoms with van der Waals surface area (Å²) in [4.78, 5) is 7.60. The zero-order valence-electron chi connectivity index (χ0n) is 11.3. The minimum absolute atomic E-state index is 0.298. The van der Waals surface area contributed by atoms with E-state index in [1.165, 1.54) is 0 Å². The molecule has 1 fully saturated rings. The number of nitrogens with one attached hydrogen (secondary N) is 1. The van der Waals surface area contributed by atoms with E-state index in [0.29, 0.717) is 0 Å². The summed E-state index contributed by atoms with van der Waals surface area (Å²) in [5.74, 6) is 0.997. The summed E-state index contributed by atoms with van der Waals surface area (Å²) in [5.41, 5.74) is 0.314. The average molecular weight is 236 g/mol. The molecule has 1 aliphatic rings. The number of aromatic amines is 1. The van der Waals surface area contributed by atoms with Gasteiger partial charge in [-0.2, -0.15) is 0 Å². The Morgan fingerprint density at radius 3 is 2.35 bits per heavy atom. The molecule has 17 heavy (non-hydrogen) atoms. The number of imidazole rings is 1. The molecule has 0 bridgehead atoms. The van der Waals surface area contributed by atoms with Gasteiger partial charge in [0.05, 0.1) is 16.8 Å². The molecule has 1 saturated heterocycles. The third-order valence-electron chi connectivity index (χ3n) is 3.64. The van der Waals surface area contributed by atoms with Crippen LogP contribution in [0.25, 0.3) is 0 Å². The molecule has 5 heteroatoms. The fourth-order valence-corrected chi connectivity index (χ4v) is 1.83. The van der Waals surface area contributed by atoms with Gasteiger partial charge in [-0.05, 0) is 34.1 Å². The first-order valence-corrected chi connectivity index (χ1v) is 6.25. The molecule has 94 valence electrons. The Kier molecular flexibility index (Phi) is 3.08. The van der Waals surface area contributed by atoms with Crippen LogP contribution in [0, 0.1) is 0 Å². The Balaban J connectivity index is 2.14. The number of rotatable bonds is 3. The second-order valence-electron chi connectivity index (χ2n) is 5.62. The summed E-state index contributed by atoms with van der Waals surface area (Å²) in [5, 5.41) is 0. The maximum atomic E-state index is 5.95. The summed E-state index contributed by atoms with van der Waals surface area (Å²) >= 11 is 0. The monoisotopic (exact) mass is 236 g/mol. The Morgan fingerprint density at radius 2 is 1.82 bits per heavy atom. The predicted molar refractivity (Wildman–Crippen MR) is 68.3 cm³/mol. The highest BCUT2D eigenvalue weighted by atomic mass is 16.7. The third kappa shape index (κ3) is 2.26. The SMILES string of the molecule is CCCc1ncc(B2OC(C)(C)C(C)(C)O2)[nH]1. The Bertz CT molecular complexity index is 385. The zero-order chi connectivity index (χ0) is 12.7. The minimum atomic E-state index is -0.335. The van der Waals surface area contributed by atoms with Crippen molar-refractivity contribution in [1.29, 1.82) is 0 Å². The molecule has 0 aromatic carbocycles. The molecule has 4 nitrogen and oxygen atoms in total. The van der Waals surface area contributed by atoms with Crippen molar-refractivity contribution < 1.29 is 9.31 Å². The van der Waals surface area contributed by atoms with Crippen molar-refractivity contribution in [3.63, 3.8) is 0 Å². The molecule has 2 heterocycles. The van der Waals surface area contributed by atoms with Crippen LogP contribution in [0.5, 0.6) is 0 Å². The quantitative estimate of drug-likeness (QED) is 0.812. The van der Waals surface area contributed by atoms with E-state index in [1.807, 2.05) is 6.20 Å². The van der Waals surface area contributed by atoms with Gasteiger partial charge >= 0.3 is 7.12 Å². The molecule has 0 atom stereocenters. The Hall–Kier alpha value is -0.805. The first-order chi connectivity index (χ1) is 7.86. The van der Waals surface area contributed by atoms with Crippen LogP contribution in [0.1, 0.15) is 46.9 Å². The molecular formula is C12H21BN2O2. The largest absolute Gasteiger partial charge is 0.513 e. The molecule has 0 saturated carbocycles. The third-order valence-corrected chi connectivity index (χ3v) is 3.64. The molecule has 0 radical (unpaired) electrons. The Morgan fingerprint density at radius 1 is 1.24 bits per heavy atom. The van der Waals surface area contributed by atoms with Crippen LogP contribution in [0.4, 0.5) is 0 Å². The van der Waals surface area contributed by atoms with E-state index >= 15 is 0 Å². The average Bonchev–Trinajstić information content (AvgIpc) is 2.71. The van der Waals surface area contributed by atoms with Crippen molar-refractivity contribution >= 4 is 12.7 Å². The summed E-state index contributed by atoms with van der Waals surface area (Å²) in [6.45, 7) is 10.3. The van der Waals surface area contributed by atoms with Crippen LogP contribution < -0.4 is 5.59 Å². The maximum absolute atomic E-state index is 5.95. The van der Waals surface area contributed by atoms with E-state index in [4.69, 9.17) is 9.31 Å². The van der Waals surface area contributed by atoms with Gasteiger partial charge in [0.15, 0.2) is 0 Å². The molecule has 1 aromatic rings. The van der Waals surface area contributed by atoms with Crippen molar-refractivity contribution in [3.8, 4) is 0 Å². The van der Waals surface area contributed by atoms with Crippen molar-refractivity contribution in [2.75, 3.05) is 0 Å². The second kappa shape index (κ2) is 4.14. The van der Waals surface area contributed by atoms with Gasteiger partial charge in [0.2, 0.25) is 0 Å². The molecule has 1 aromatic heterocycles. The van der Waals surface area contributed by atoms with Crippen molar-refractivity contribution in [1.82, 2.24) is 9.97 Å². The first kappa shape index (κ1) is 12.6. The smallest absolute Gasteiger partial charge is 0.398 e. The van der Waals surface area contributed by atoms with E-state index in [1.54, 1.807) is 0 Å². The van der Waals surface area contributed by atoms with E-state index < -0.39 is 0 Å². The minimum Gasteiger partial charge on any atom is -0.398 e. The summed E-state index contributed by atoms with van der Waals surface area (Å²) in [6.07, 6.45) is 3.85. The van der Waals surface area contributed by atoms with Crippen molar-refractivity contribution in [2.24, 2.45) is 0 Å². The van der Waals surface area contributed by atoms with E-state index in [-0.39, 0.29) is 18.3 Å².